The Morgan fingerprint density at radius 1 is 1.33 bits per heavy atom. The monoisotopic (exact) mass is 250 g/mol. The molecule has 4 nitrogen and oxygen atoms in total. The summed E-state index contributed by atoms with van der Waals surface area (Å²) in [5.41, 5.74) is 1.50. The molecule has 0 aliphatic carbocycles. The molecule has 102 valence electrons. The fraction of sp³-hybridized carbons (Fsp3) is 0.786. The Kier molecular flexibility index (Phi) is 3.95. The fourth-order valence-electron chi connectivity index (χ4n) is 2.56. The second-order valence-electron chi connectivity index (χ2n) is 5.47. The molecule has 18 heavy (non-hydrogen) atoms. The fourth-order valence-corrected chi connectivity index (χ4v) is 2.56. The van der Waals surface area contributed by atoms with E-state index in [1.54, 1.807) is 0 Å². The topological polar surface area (TPSA) is 33.1 Å². The quantitative estimate of drug-likeness (QED) is 0.888. The van der Waals surface area contributed by atoms with Crippen LogP contribution in [0.15, 0.2) is 6.20 Å². The first-order valence-electron chi connectivity index (χ1n) is 7.11. The number of hydrogen-bond acceptors (Lipinski definition) is 3. The van der Waals surface area contributed by atoms with Crippen LogP contribution >= 0.6 is 0 Å². The first kappa shape index (κ1) is 13.4. The molecule has 0 aromatic carbocycles. The molecular weight excluding hydrogens is 224 g/mol. The normalized spacial score (nSPS) is 19.2. The highest BCUT2D eigenvalue weighted by molar-refractivity contribution is 5.35. The second kappa shape index (κ2) is 5.31. The van der Waals surface area contributed by atoms with E-state index in [-0.39, 0.29) is 0 Å². The molecule has 1 aromatic heterocycles. The molecule has 0 radical (unpaired) electrons. The number of aromatic nitrogens is 2. The number of hydrogen-bond donors (Lipinski definition) is 1. The molecule has 1 fully saturated rings. The molecule has 0 bridgehead atoms. The van der Waals surface area contributed by atoms with Crippen LogP contribution in [0.2, 0.25) is 0 Å². The first-order valence-corrected chi connectivity index (χ1v) is 7.11. The van der Waals surface area contributed by atoms with E-state index in [1.807, 2.05) is 0 Å². The Morgan fingerprint density at radius 2 is 2.00 bits per heavy atom. The van der Waals surface area contributed by atoms with E-state index in [2.05, 4.69) is 48.8 Å². The van der Waals surface area contributed by atoms with Gasteiger partial charge in [0.15, 0.2) is 0 Å². The summed E-state index contributed by atoms with van der Waals surface area (Å²) in [6.45, 7) is 9.86. The third-order valence-corrected chi connectivity index (χ3v) is 4.26. The van der Waals surface area contributed by atoms with Crippen molar-refractivity contribution in [3.63, 3.8) is 0 Å². The number of nitrogens with zero attached hydrogens (tertiary/aromatic N) is 3. The molecule has 0 amide bonds. The summed E-state index contributed by atoms with van der Waals surface area (Å²) in [4.78, 5) is 7.20. The molecule has 0 spiro atoms. The average Bonchev–Trinajstić information content (AvgIpc) is 2.83. The van der Waals surface area contributed by atoms with Gasteiger partial charge in [-0.15, -0.1) is 0 Å². The third-order valence-electron chi connectivity index (χ3n) is 4.26. The van der Waals surface area contributed by atoms with Gasteiger partial charge in [0.05, 0.1) is 5.69 Å². The summed E-state index contributed by atoms with van der Waals surface area (Å²) < 4.78 is 2.28. The van der Waals surface area contributed by atoms with Crippen LogP contribution in [0.3, 0.4) is 0 Å². The summed E-state index contributed by atoms with van der Waals surface area (Å²) in [5, 5.41) is 3.44. The minimum atomic E-state index is 0.299. The molecule has 1 aliphatic rings. The lowest BCUT2D eigenvalue weighted by atomic mass is 9.90. The predicted octanol–water partition coefficient (Wildman–Crippen LogP) is 2.04. The summed E-state index contributed by atoms with van der Waals surface area (Å²) in [6.07, 6.45) is 5.58. The molecular formula is C14H26N4. The lowest BCUT2D eigenvalue weighted by Crippen LogP contribution is -2.50. The van der Waals surface area contributed by atoms with Crippen molar-refractivity contribution < 1.29 is 0 Å². The highest BCUT2D eigenvalue weighted by Gasteiger charge is 2.29. The van der Waals surface area contributed by atoms with Gasteiger partial charge in [-0.25, -0.2) is 4.98 Å². The molecule has 0 atom stereocenters. The van der Waals surface area contributed by atoms with Crippen molar-refractivity contribution in [2.45, 2.75) is 52.1 Å². The number of rotatable bonds is 4. The van der Waals surface area contributed by atoms with E-state index in [0.717, 1.165) is 32.0 Å². The molecule has 2 rings (SSSR count). The minimum Gasteiger partial charge on any atom is -0.342 e. The van der Waals surface area contributed by atoms with Crippen LogP contribution < -0.4 is 10.2 Å². The van der Waals surface area contributed by atoms with Crippen molar-refractivity contribution in [1.82, 2.24) is 14.9 Å². The van der Waals surface area contributed by atoms with Crippen LogP contribution in [0.5, 0.6) is 0 Å². The van der Waals surface area contributed by atoms with Gasteiger partial charge in [-0.1, -0.05) is 6.92 Å². The SMILES string of the molecule is CCc1cn(CC)c(N2CCC(C)(NC)CC2)n1. The summed E-state index contributed by atoms with van der Waals surface area (Å²) in [5.74, 6) is 1.16. The van der Waals surface area contributed by atoms with Crippen molar-refractivity contribution in [3.05, 3.63) is 11.9 Å². The highest BCUT2D eigenvalue weighted by Crippen LogP contribution is 2.25. The maximum Gasteiger partial charge on any atom is 0.205 e. The average molecular weight is 250 g/mol. The number of piperidine rings is 1. The molecule has 4 heteroatoms. The lowest BCUT2D eigenvalue weighted by molar-refractivity contribution is 0.302. The van der Waals surface area contributed by atoms with Gasteiger partial charge in [-0.3, -0.25) is 0 Å². The van der Waals surface area contributed by atoms with Gasteiger partial charge in [0, 0.05) is 31.4 Å². The Hall–Kier alpha value is -1.03. The van der Waals surface area contributed by atoms with Crippen molar-refractivity contribution in [2.24, 2.45) is 0 Å². The van der Waals surface area contributed by atoms with Crippen LogP contribution in [0.25, 0.3) is 0 Å². The maximum absolute atomic E-state index is 4.77. The molecule has 1 aromatic rings. The van der Waals surface area contributed by atoms with Crippen molar-refractivity contribution >= 4 is 5.95 Å². The Morgan fingerprint density at radius 3 is 2.50 bits per heavy atom. The number of aryl methyl sites for hydroxylation is 2. The number of imidazole rings is 1. The zero-order valence-corrected chi connectivity index (χ0v) is 12.2. The van der Waals surface area contributed by atoms with Gasteiger partial charge < -0.3 is 14.8 Å². The molecule has 2 heterocycles. The largest absolute Gasteiger partial charge is 0.342 e. The van der Waals surface area contributed by atoms with Crippen molar-refractivity contribution in [1.29, 1.82) is 0 Å². The maximum atomic E-state index is 4.77. The first-order chi connectivity index (χ1) is 8.61. The van der Waals surface area contributed by atoms with Gasteiger partial charge >= 0.3 is 0 Å². The molecule has 1 aliphatic heterocycles. The van der Waals surface area contributed by atoms with Crippen LogP contribution in [0.4, 0.5) is 5.95 Å². The van der Waals surface area contributed by atoms with Crippen LogP contribution in [-0.4, -0.2) is 35.2 Å². The number of anilines is 1. The van der Waals surface area contributed by atoms with E-state index >= 15 is 0 Å². The van der Waals surface area contributed by atoms with Crippen molar-refractivity contribution in [3.8, 4) is 0 Å². The number of nitrogens with one attached hydrogen (secondary N) is 1. The summed E-state index contributed by atoms with van der Waals surface area (Å²) in [6, 6.07) is 0. The van der Waals surface area contributed by atoms with Crippen LogP contribution in [-0.2, 0) is 13.0 Å². The lowest BCUT2D eigenvalue weighted by Gasteiger charge is -2.39. The van der Waals surface area contributed by atoms with Crippen molar-refractivity contribution in [2.75, 3.05) is 25.0 Å². The standard InChI is InChI=1S/C14H26N4/c1-5-12-11-17(6-2)13(16-12)18-9-7-14(3,15-4)8-10-18/h11,15H,5-10H2,1-4H3. The van der Waals surface area contributed by atoms with Crippen LogP contribution in [0.1, 0.15) is 39.3 Å². The second-order valence-corrected chi connectivity index (χ2v) is 5.47. The molecule has 0 saturated carbocycles. The summed E-state index contributed by atoms with van der Waals surface area (Å²) >= 11 is 0. The zero-order chi connectivity index (χ0) is 13.2. The van der Waals surface area contributed by atoms with Gasteiger partial charge in [0.25, 0.3) is 0 Å². The molecule has 0 unspecified atom stereocenters. The Bertz CT molecular complexity index is 388. The molecule has 1 N–H and O–H groups in total. The zero-order valence-electron chi connectivity index (χ0n) is 12.2. The van der Waals surface area contributed by atoms with E-state index in [1.165, 1.54) is 18.5 Å². The summed E-state index contributed by atoms with van der Waals surface area (Å²) in [7, 11) is 2.07. The Labute approximate surface area is 110 Å². The van der Waals surface area contributed by atoms with Gasteiger partial charge in [-0.05, 0) is 40.2 Å². The highest BCUT2D eigenvalue weighted by atomic mass is 15.3. The third kappa shape index (κ3) is 2.53. The van der Waals surface area contributed by atoms with Gasteiger partial charge in [-0.2, -0.15) is 0 Å². The van der Waals surface area contributed by atoms with E-state index in [4.69, 9.17) is 4.98 Å². The smallest absolute Gasteiger partial charge is 0.205 e. The Balaban J connectivity index is 2.11. The van der Waals surface area contributed by atoms with E-state index in [0.29, 0.717) is 5.54 Å². The van der Waals surface area contributed by atoms with E-state index < -0.39 is 0 Å². The van der Waals surface area contributed by atoms with E-state index in [9.17, 15) is 0 Å². The predicted molar refractivity (Wildman–Crippen MR) is 76.2 cm³/mol. The van der Waals surface area contributed by atoms with Crippen LogP contribution in [0, 0.1) is 0 Å². The minimum absolute atomic E-state index is 0.299. The molecule has 1 saturated heterocycles. The van der Waals surface area contributed by atoms with Gasteiger partial charge in [0.1, 0.15) is 0 Å². The van der Waals surface area contributed by atoms with Gasteiger partial charge in [0.2, 0.25) is 5.95 Å².